The fraction of sp³-hybridized carbons (Fsp3) is 0.333. The van der Waals surface area contributed by atoms with Crippen molar-refractivity contribution in [2.75, 3.05) is 6.61 Å². The standard InChI is InChI=1S/C9H9FO3S/c10-14(11,12)8-5-7-3-1-2-4-9(7)13-6-8/h1-4,8H,5-6H2. The van der Waals surface area contributed by atoms with E-state index < -0.39 is 15.5 Å². The molecule has 0 saturated carbocycles. The molecule has 1 aromatic carbocycles. The van der Waals surface area contributed by atoms with Crippen LogP contribution in [0.1, 0.15) is 5.56 Å². The van der Waals surface area contributed by atoms with E-state index in [0.29, 0.717) is 5.75 Å². The summed E-state index contributed by atoms with van der Waals surface area (Å²) in [5, 5.41) is -1.06. The molecule has 3 nitrogen and oxygen atoms in total. The highest BCUT2D eigenvalue weighted by atomic mass is 32.3. The van der Waals surface area contributed by atoms with Gasteiger partial charge in [0.15, 0.2) is 0 Å². The maximum atomic E-state index is 12.7. The molecule has 0 saturated heterocycles. The minimum atomic E-state index is -4.49. The van der Waals surface area contributed by atoms with Crippen LogP contribution in [0.3, 0.4) is 0 Å². The summed E-state index contributed by atoms with van der Waals surface area (Å²) in [4.78, 5) is 0. The number of hydrogen-bond donors (Lipinski definition) is 0. The summed E-state index contributed by atoms with van der Waals surface area (Å²) in [5.41, 5.74) is 0.741. The topological polar surface area (TPSA) is 43.4 Å². The highest BCUT2D eigenvalue weighted by Gasteiger charge is 2.30. The lowest BCUT2D eigenvalue weighted by Crippen LogP contribution is -2.31. The lowest BCUT2D eigenvalue weighted by Gasteiger charge is -2.22. The van der Waals surface area contributed by atoms with Gasteiger partial charge in [0.05, 0.1) is 0 Å². The third-order valence-electron chi connectivity index (χ3n) is 2.24. The van der Waals surface area contributed by atoms with E-state index in [1.165, 1.54) is 0 Å². The van der Waals surface area contributed by atoms with Crippen LogP contribution in [-0.2, 0) is 16.6 Å². The van der Waals surface area contributed by atoms with Crippen LogP contribution in [0.4, 0.5) is 3.89 Å². The van der Waals surface area contributed by atoms with Crippen LogP contribution in [0.2, 0.25) is 0 Å². The molecule has 1 aromatic rings. The molecule has 1 heterocycles. The summed E-state index contributed by atoms with van der Waals surface area (Å²) in [6, 6.07) is 7.06. The van der Waals surface area contributed by atoms with Gasteiger partial charge in [-0.2, -0.15) is 8.42 Å². The summed E-state index contributed by atoms with van der Waals surface area (Å²) in [6.07, 6.45) is 0.189. The van der Waals surface area contributed by atoms with Gasteiger partial charge >= 0.3 is 10.2 Å². The van der Waals surface area contributed by atoms with Crippen molar-refractivity contribution in [3.05, 3.63) is 29.8 Å². The van der Waals surface area contributed by atoms with E-state index in [-0.39, 0.29) is 13.0 Å². The van der Waals surface area contributed by atoms with Crippen LogP contribution in [0, 0.1) is 0 Å². The summed E-state index contributed by atoms with van der Waals surface area (Å²) >= 11 is 0. The first kappa shape index (κ1) is 9.45. The Bertz CT molecular complexity index is 441. The second-order valence-electron chi connectivity index (χ2n) is 3.22. The molecular weight excluding hydrogens is 207 g/mol. The molecule has 14 heavy (non-hydrogen) atoms. The third kappa shape index (κ3) is 1.72. The van der Waals surface area contributed by atoms with Crippen LogP contribution in [0.25, 0.3) is 0 Å². The Morgan fingerprint density at radius 1 is 1.36 bits per heavy atom. The van der Waals surface area contributed by atoms with Gasteiger partial charge in [-0.1, -0.05) is 18.2 Å². The number of fused-ring (bicyclic) bond motifs is 1. The maximum absolute atomic E-state index is 12.7. The molecule has 0 aliphatic carbocycles. The second kappa shape index (κ2) is 3.24. The minimum Gasteiger partial charge on any atom is -0.492 e. The van der Waals surface area contributed by atoms with Crippen molar-refractivity contribution in [1.29, 1.82) is 0 Å². The zero-order valence-corrected chi connectivity index (χ0v) is 8.13. The van der Waals surface area contributed by atoms with Gasteiger partial charge in [0, 0.05) is 0 Å². The molecule has 0 amide bonds. The van der Waals surface area contributed by atoms with Gasteiger partial charge in [-0.05, 0) is 18.1 Å². The Morgan fingerprint density at radius 2 is 2.07 bits per heavy atom. The number of benzene rings is 1. The molecule has 0 radical (unpaired) electrons. The van der Waals surface area contributed by atoms with Crippen LogP contribution in [-0.4, -0.2) is 20.3 Å². The van der Waals surface area contributed by atoms with Crippen molar-refractivity contribution >= 4 is 10.2 Å². The van der Waals surface area contributed by atoms with Crippen LogP contribution < -0.4 is 4.74 Å². The van der Waals surface area contributed by atoms with Crippen LogP contribution >= 0.6 is 0 Å². The Kier molecular flexibility index (Phi) is 2.19. The van der Waals surface area contributed by atoms with Crippen molar-refractivity contribution in [3.8, 4) is 5.75 Å². The Hall–Kier alpha value is -1.10. The summed E-state index contributed by atoms with van der Waals surface area (Å²) in [5.74, 6) is 0.646. The van der Waals surface area contributed by atoms with E-state index in [4.69, 9.17) is 4.74 Å². The van der Waals surface area contributed by atoms with Crippen molar-refractivity contribution < 1.29 is 17.0 Å². The molecule has 2 rings (SSSR count). The molecule has 1 aliphatic rings. The molecule has 5 heteroatoms. The second-order valence-corrected chi connectivity index (χ2v) is 4.84. The monoisotopic (exact) mass is 216 g/mol. The molecule has 0 aromatic heterocycles. The van der Waals surface area contributed by atoms with E-state index >= 15 is 0 Å². The number of halogens is 1. The molecular formula is C9H9FO3S. The molecule has 0 fully saturated rings. The van der Waals surface area contributed by atoms with Gasteiger partial charge in [-0.25, -0.2) is 0 Å². The van der Waals surface area contributed by atoms with Gasteiger partial charge in [-0.3, -0.25) is 0 Å². The first-order chi connectivity index (χ1) is 6.57. The van der Waals surface area contributed by atoms with E-state index in [9.17, 15) is 12.3 Å². The smallest absolute Gasteiger partial charge is 0.308 e. The van der Waals surface area contributed by atoms with Crippen LogP contribution in [0.15, 0.2) is 24.3 Å². The highest BCUT2D eigenvalue weighted by molar-refractivity contribution is 7.87. The van der Waals surface area contributed by atoms with E-state index in [2.05, 4.69) is 0 Å². The number of ether oxygens (including phenoxy) is 1. The van der Waals surface area contributed by atoms with Crippen molar-refractivity contribution in [2.45, 2.75) is 11.7 Å². The molecule has 0 bridgehead atoms. The van der Waals surface area contributed by atoms with Crippen molar-refractivity contribution in [2.24, 2.45) is 0 Å². The fourth-order valence-corrected chi connectivity index (χ4v) is 2.09. The third-order valence-corrected chi connectivity index (χ3v) is 3.34. The average molecular weight is 216 g/mol. The van der Waals surface area contributed by atoms with Gasteiger partial charge < -0.3 is 4.74 Å². The van der Waals surface area contributed by atoms with E-state index in [1.54, 1.807) is 24.3 Å². The van der Waals surface area contributed by atoms with Crippen molar-refractivity contribution in [1.82, 2.24) is 0 Å². The largest absolute Gasteiger partial charge is 0.492 e. The first-order valence-corrected chi connectivity index (χ1v) is 5.66. The van der Waals surface area contributed by atoms with Gasteiger partial charge in [0.2, 0.25) is 0 Å². The maximum Gasteiger partial charge on any atom is 0.308 e. The average Bonchev–Trinajstić information content (AvgIpc) is 2.16. The molecule has 1 atom stereocenters. The normalized spacial score (nSPS) is 21.1. The molecule has 0 N–H and O–H groups in total. The van der Waals surface area contributed by atoms with Crippen molar-refractivity contribution in [3.63, 3.8) is 0 Å². The number of rotatable bonds is 1. The summed E-state index contributed by atoms with van der Waals surface area (Å²) in [6.45, 7) is -0.101. The van der Waals surface area contributed by atoms with E-state index in [1.807, 2.05) is 0 Å². The molecule has 76 valence electrons. The zero-order valence-electron chi connectivity index (χ0n) is 7.31. The zero-order chi connectivity index (χ0) is 10.2. The quantitative estimate of drug-likeness (QED) is 0.664. The van der Waals surface area contributed by atoms with Crippen LogP contribution in [0.5, 0.6) is 5.75 Å². The SMILES string of the molecule is O=S(=O)(F)C1COc2ccccc2C1. The highest BCUT2D eigenvalue weighted by Crippen LogP contribution is 2.26. The molecule has 1 aliphatic heterocycles. The number of hydrogen-bond acceptors (Lipinski definition) is 3. The predicted octanol–water partition coefficient (Wildman–Crippen LogP) is 1.29. The minimum absolute atomic E-state index is 0.101. The van der Waals surface area contributed by atoms with Gasteiger partial charge in [-0.15, -0.1) is 3.89 Å². The Balaban J connectivity index is 2.30. The van der Waals surface area contributed by atoms with Gasteiger partial charge in [0.1, 0.15) is 17.6 Å². The Labute approximate surface area is 81.7 Å². The lowest BCUT2D eigenvalue weighted by atomic mass is 10.1. The fourth-order valence-electron chi connectivity index (χ4n) is 1.48. The molecule has 0 spiro atoms. The Morgan fingerprint density at radius 3 is 2.79 bits per heavy atom. The van der Waals surface area contributed by atoms with Gasteiger partial charge in [0.25, 0.3) is 0 Å². The summed E-state index contributed by atoms with van der Waals surface area (Å²) in [7, 11) is -4.49. The predicted molar refractivity (Wildman–Crippen MR) is 49.5 cm³/mol. The summed E-state index contributed by atoms with van der Waals surface area (Å²) < 4.78 is 39.1. The number of para-hydroxylation sites is 1. The first-order valence-electron chi connectivity index (χ1n) is 4.21. The molecule has 1 unspecified atom stereocenters. The van der Waals surface area contributed by atoms with E-state index in [0.717, 1.165) is 5.56 Å². The lowest BCUT2D eigenvalue weighted by molar-refractivity contribution is 0.286.